The lowest BCUT2D eigenvalue weighted by Gasteiger charge is -2.29. The average molecular weight is 477 g/mol. The van der Waals surface area contributed by atoms with Gasteiger partial charge in [0.1, 0.15) is 5.75 Å². The number of carbonyl (C=O) groups is 1. The molecule has 1 saturated heterocycles. The molecule has 1 aliphatic heterocycles. The fourth-order valence-corrected chi connectivity index (χ4v) is 5.38. The van der Waals surface area contributed by atoms with E-state index in [-0.39, 0.29) is 16.5 Å². The first-order valence-corrected chi connectivity index (χ1v) is 12.4. The molecule has 1 fully saturated rings. The third kappa shape index (κ3) is 5.42. The van der Waals surface area contributed by atoms with E-state index in [2.05, 4.69) is 12.2 Å². The van der Waals surface area contributed by atoms with Gasteiger partial charge in [-0.25, -0.2) is 8.42 Å². The Labute approximate surface area is 195 Å². The van der Waals surface area contributed by atoms with Gasteiger partial charge in [0.2, 0.25) is 10.0 Å². The van der Waals surface area contributed by atoms with Crippen LogP contribution >= 0.6 is 0 Å². The van der Waals surface area contributed by atoms with Crippen molar-refractivity contribution in [3.8, 4) is 17.2 Å². The summed E-state index contributed by atoms with van der Waals surface area (Å²) in [6.07, 6.45) is 1.65. The van der Waals surface area contributed by atoms with Gasteiger partial charge in [0.05, 0.1) is 37.8 Å². The van der Waals surface area contributed by atoms with Crippen molar-refractivity contribution in [2.24, 2.45) is 5.92 Å². The molecule has 1 aliphatic rings. The molecule has 0 aromatic heterocycles. The molecule has 2 aromatic carbocycles. The lowest BCUT2D eigenvalue weighted by Crippen LogP contribution is -2.38. The number of hydrogen-bond donors (Lipinski definition) is 1. The topological polar surface area (TPSA) is 94.2 Å². The van der Waals surface area contributed by atoms with Crippen molar-refractivity contribution in [1.29, 1.82) is 0 Å². The van der Waals surface area contributed by atoms with Crippen LogP contribution in [0.25, 0.3) is 0 Å². The van der Waals surface area contributed by atoms with E-state index in [1.54, 1.807) is 26.4 Å². The molecule has 0 aliphatic carbocycles. The van der Waals surface area contributed by atoms with Gasteiger partial charge < -0.3 is 19.5 Å². The molecule has 9 heteroatoms. The molecule has 1 amide bonds. The van der Waals surface area contributed by atoms with Gasteiger partial charge in [-0.15, -0.1) is 0 Å². The molecule has 8 nitrogen and oxygen atoms in total. The zero-order valence-corrected chi connectivity index (χ0v) is 20.6. The van der Waals surface area contributed by atoms with Crippen LogP contribution in [0.5, 0.6) is 17.2 Å². The Balaban J connectivity index is 1.85. The summed E-state index contributed by atoms with van der Waals surface area (Å²) in [5.41, 5.74) is 0.974. The van der Waals surface area contributed by atoms with Crippen LogP contribution in [0.2, 0.25) is 0 Å². The van der Waals surface area contributed by atoms with Crippen molar-refractivity contribution < 1.29 is 27.4 Å². The summed E-state index contributed by atoms with van der Waals surface area (Å²) < 4.78 is 43.8. The molecule has 1 atom stereocenters. The van der Waals surface area contributed by atoms with E-state index in [4.69, 9.17) is 14.2 Å². The number of piperidine rings is 1. The highest BCUT2D eigenvalue weighted by molar-refractivity contribution is 7.89. The van der Waals surface area contributed by atoms with Crippen molar-refractivity contribution in [1.82, 2.24) is 9.62 Å². The molecule has 0 radical (unpaired) electrons. The highest BCUT2D eigenvalue weighted by atomic mass is 32.2. The maximum absolute atomic E-state index is 13.2. The molecule has 3 rings (SSSR count). The quantitative estimate of drug-likeness (QED) is 0.625. The zero-order valence-electron chi connectivity index (χ0n) is 19.8. The van der Waals surface area contributed by atoms with Crippen molar-refractivity contribution in [2.75, 3.05) is 34.4 Å². The third-order valence-corrected chi connectivity index (χ3v) is 7.95. The molecular formula is C24H32N2O6S. The van der Waals surface area contributed by atoms with Crippen LogP contribution in [0.15, 0.2) is 41.3 Å². The van der Waals surface area contributed by atoms with E-state index in [0.29, 0.717) is 36.3 Å². The minimum atomic E-state index is -3.70. The number of amides is 1. The second-order valence-corrected chi connectivity index (χ2v) is 10.2. The van der Waals surface area contributed by atoms with Gasteiger partial charge in [0, 0.05) is 13.1 Å². The standard InChI is InChI=1S/C24H32N2O6S/c1-16-10-12-26(13-11-16)33(28,29)19-7-9-21(30-3)20(15-19)24(27)25-17(2)18-6-8-22(31-4)23(14-18)32-5/h6-9,14-17H,10-13H2,1-5H3,(H,25,27). The van der Waals surface area contributed by atoms with E-state index in [1.165, 1.54) is 29.6 Å². The number of methoxy groups -OCH3 is 3. The van der Waals surface area contributed by atoms with E-state index in [0.717, 1.165) is 18.4 Å². The van der Waals surface area contributed by atoms with Gasteiger partial charge in [0.15, 0.2) is 11.5 Å². The molecule has 180 valence electrons. The Hall–Kier alpha value is -2.78. The molecule has 1 N–H and O–H groups in total. The highest BCUT2D eigenvalue weighted by Crippen LogP contribution is 2.31. The minimum Gasteiger partial charge on any atom is -0.496 e. The summed E-state index contributed by atoms with van der Waals surface area (Å²) in [6, 6.07) is 9.43. The highest BCUT2D eigenvalue weighted by Gasteiger charge is 2.29. The van der Waals surface area contributed by atoms with Crippen molar-refractivity contribution in [3.63, 3.8) is 0 Å². The van der Waals surface area contributed by atoms with E-state index in [9.17, 15) is 13.2 Å². The smallest absolute Gasteiger partial charge is 0.255 e. The molecule has 0 bridgehead atoms. The van der Waals surface area contributed by atoms with Crippen molar-refractivity contribution in [2.45, 2.75) is 37.6 Å². The summed E-state index contributed by atoms with van der Waals surface area (Å²) in [4.78, 5) is 13.2. The van der Waals surface area contributed by atoms with Gasteiger partial charge in [-0.1, -0.05) is 13.0 Å². The fraction of sp³-hybridized carbons (Fsp3) is 0.458. The number of nitrogens with zero attached hydrogens (tertiary/aromatic N) is 1. The van der Waals surface area contributed by atoms with Crippen LogP contribution in [-0.2, 0) is 10.0 Å². The van der Waals surface area contributed by atoms with Gasteiger partial charge in [-0.2, -0.15) is 4.31 Å². The van der Waals surface area contributed by atoms with Gasteiger partial charge in [0.25, 0.3) is 5.91 Å². The predicted octanol–water partition coefficient (Wildman–Crippen LogP) is 3.62. The summed E-state index contributed by atoms with van der Waals surface area (Å²) >= 11 is 0. The fourth-order valence-electron chi connectivity index (χ4n) is 3.88. The molecule has 0 spiro atoms. The van der Waals surface area contributed by atoms with E-state index in [1.807, 2.05) is 13.0 Å². The van der Waals surface area contributed by atoms with E-state index < -0.39 is 15.9 Å². The monoisotopic (exact) mass is 476 g/mol. The third-order valence-electron chi connectivity index (χ3n) is 6.05. The van der Waals surface area contributed by atoms with Crippen LogP contribution in [0, 0.1) is 5.92 Å². The Morgan fingerprint density at radius 2 is 1.58 bits per heavy atom. The van der Waals surface area contributed by atoms with Gasteiger partial charge in [-0.05, 0) is 61.6 Å². The second kappa shape index (κ2) is 10.4. The van der Waals surface area contributed by atoms with Crippen LogP contribution in [0.3, 0.4) is 0 Å². The summed E-state index contributed by atoms with van der Waals surface area (Å²) in [5, 5.41) is 2.92. The van der Waals surface area contributed by atoms with Crippen LogP contribution in [0.1, 0.15) is 48.7 Å². The lowest BCUT2D eigenvalue weighted by atomic mass is 10.0. The Morgan fingerprint density at radius 1 is 0.970 bits per heavy atom. The van der Waals surface area contributed by atoms with E-state index >= 15 is 0 Å². The Morgan fingerprint density at radius 3 is 2.18 bits per heavy atom. The first-order valence-electron chi connectivity index (χ1n) is 10.9. The summed E-state index contributed by atoms with van der Waals surface area (Å²) in [5.74, 6) is 1.52. The number of hydrogen-bond acceptors (Lipinski definition) is 6. The number of ether oxygens (including phenoxy) is 3. The largest absolute Gasteiger partial charge is 0.496 e. The molecule has 1 heterocycles. The number of rotatable bonds is 8. The lowest BCUT2D eigenvalue weighted by molar-refractivity contribution is 0.0936. The maximum atomic E-state index is 13.2. The Bertz CT molecular complexity index is 1090. The minimum absolute atomic E-state index is 0.0850. The maximum Gasteiger partial charge on any atom is 0.255 e. The Kier molecular flexibility index (Phi) is 7.86. The zero-order chi connectivity index (χ0) is 24.2. The van der Waals surface area contributed by atoms with Crippen molar-refractivity contribution >= 4 is 15.9 Å². The normalized spacial score (nSPS) is 16.2. The number of nitrogens with one attached hydrogen (secondary N) is 1. The molecular weight excluding hydrogens is 444 g/mol. The van der Waals surface area contributed by atoms with Crippen LogP contribution in [0.4, 0.5) is 0 Å². The number of carbonyl (C=O) groups excluding carboxylic acids is 1. The van der Waals surface area contributed by atoms with Crippen molar-refractivity contribution in [3.05, 3.63) is 47.5 Å². The number of benzene rings is 2. The first kappa shape index (κ1) is 24.9. The van der Waals surface area contributed by atoms with Crippen LogP contribution in [-0.4, -0.2) is 53.0 Å². The average Bonchev–Trinajstić information content (AvgIpc) is 2.83. The second-order valence-electron chi connectivity index (χ2n) is 8.26. The van der Waals surface area contributed by atoms with Gasteiger partial charge in [-0.3, -0.25) is 4.79 Å². The van der Waals surface area contributed by atoms with Crippen LogP contribution < -0.4 is 19.5 Å². The molecule has 1 unspecified atom stereocenters. The summed E-state index contributed by atoms with van der Waals surface area (Å²) in [6.45, 7) is 4.92. The molecule has 33 heavy (non-hydrogen) atoms. The summed E-state index contributed by atoms with van der Waals surface area (Å²) in [7, 11) is 0.854. The predicted molar refractivity (Wildman–Crippen MR) is 126 cm³/mol. The molecule has 2 aromatic rings. The SMILES string of the molecule is COc1ccc(C(C)NC(=O)c2cc(S(=O)(=O)N3CCC(C)CC3)ccc2OC)cc1OC. The number of sulfonamides is 1. The van der Waals surface area contributed by atoms with Gasteiger partial charge >= 0.3 is 0 Å². The first-order chi connectivity index (χ1) is 15.7. The molecule has 0 saturated carbocycles.